The molecule has 0 heterocycles. The monoisotopic (exact) mass is 454 g/mol. The van der Waals surface area contributed by atoms with Gasteiger partial charge in [-0.15, -0.1) is 5.73 Å². The molecule has 0 radical (unpaired) electrons. The van der Waals surface area contributed by atoms with Gasteiger partial charge in [0, 0.05) is 10.9 Å². The average Bonchev–Trinajstić information content (AvgIpc) is 2.82. The summed E-state index contributed by atoms with van der Waals surface area (Å²) in [5.41, 5.74) is 10.8. The van der Waals surface area contributed by atoms with Crippen LogP contribution in [0.25, 0.3) is 22.0 Å². The molecule has 4 rings (SSSR count). The first-order chi connectivity index (χ1) is 14.4. The molecular formula is C27H20BrP. The molecular weight excluding hydrogens is 435 g/mol. The van der Waals surface area contributed by atoms with Crippen molar-refractivity contribution in [3.05, 3.63) is 138 Å². The van der Waals surface area contributed by atoms with E-state index in [-0.39, 0.29) is 0 Å². The van der Waals surface area contributed by atoms with Crippen molar-refractivity contribution in [2.24, 2.45) is 0 Å². The minimum Gasteiger partial charge on any atom is -0.102 e. The lowest BCUT2D eigenvalue weighted by molar-refractivity contribution is 1.53. The smallest absolute Gasteiger partial charge is 0.0332 e. The minimum atomic E-state index is 0.469. The first-order valence-electron chi connectivity index (χ1n) is 9.50. The molecule has 0 bridgehead atoms. The first kappa shape index (κ1) is 19.6. The lowest BCUT2D eigenvalue weighted by Crippen LogP contribution is -1.91. The largest absolute Gasteiger partial charge is 0.102 e. The van der Waals surface area contributed by atoms with Gasteiger partial charge in [0.2, 0.25) is 0 Å². The van der Waals surface area contributed by atoms with Crippen molar-refractivity contribution in [2.45, 2.75) is 0 Å². The van der Waals surface area contributed by atoms with Crippen LogP contribution in [0.1, 0.15) is 16.7 Å². The van der Waals surface area contributed by atoms with Crippen molar-refractivity contribution >= 4 is 33.7 Å². The van der Waals surface area contributed by atoms with Crippen molar-refractivity contribution in [1.29, 1.82) is 0 Å². The van der Waals surface area contributed by atoms with E-state index in [1.807, 2.05) is 6.07 Å². The van der Waals surface area contributed by atoms with E-state index in [4.69, 9.17) is 0 Å². The Kier molecular flexibility index (Phi) is 6.55. The van der Waals surface area contributed by atoms with E-state index in [0.717, 1.165) is 16.5 Å². The van der Waals surface area contributed by atoms with Crippen LogP contribution in [-0.2, 0) is 0 Å². The summed E-state index contributed by atoms with van der Waals surface area (Å²) >= 11 is 3.70. The predicted octanol–water partition coefficient (Wildman–Crippen LogP) is 8.41. The van der Waals surface area contributed by atoms with Crippen molar-refractivity contribution in [3.63, 3.8) is 0 Å². The normalized spacial score (nSPS) is 10.7. The van der Waals surface area contributed by atoms with E-state index >= 15 is 0 Å². The summed E-state index contributed by atoms with van der Waals surface area (Å²) in [4.78, 5) is 0. The zero-order valence-corrected chi connectivity index (χ0v) is 18.4. The molecule has 0 N–H and O–H groups in total. The Morgan fingerprint density at radius 3 is 1.72 bits per heavy atom. The molecule has 29 heavy (non-hydrogen) atoms. The van der Waals surface area contributed by atoms with E-state index in [1.165, 1.54) is 22.3 Å². The highest BCUT2D eigenvalue weighted by Crippen LogP contribution is 2.40. The van der Waals surface area contributed by atoms with Crippen molar-refractivity contribution in [3.8, 4) is 11.1 Å². The lowest BCUT2D eigenvalue weighted by Gasteiger charge is -2.13. The summed E-state index contributed by atoms with van der Waals surface area (Å²) in [6, 6.07) is 40.1. The van der Waals surface area contributed by atoms with Crippen LogP contribution in [0.5, 0.6) is 0 Å². The highest BCUT2D eigenvalue weighted by molar-refractivity contribution is 9.37. The van der Waals surface area contributed by atoms with E-state index in [1.54, 1.807) is 0 Å². The highest BCUT2D eigenvalue weighted by atomic mass is 79.9. The maximum absolute atomic E-state index is 3.76. The topological polar surface area (TPSA) is 0 Å². The molecule has 0 fully saturated rings. The van der Waals surface area contributed by atoms with Crippen LogP contribution >= 0.6 is 22.8 Å². The van der Waals surface area contributed by atoms with E-state index in [2.05, 4.69) is 130 Å². The fourth-order valence-corrected chi connectivity index (χ4v) is 4.78. The second kappa shape index (κ2) is 9.68. The zero-order chi connectivity index (χ0) is 19.9. The van der Waals surface area contributed by atoms with Crippen LogP contribution < -0.4 is 0 Å². The van der Waals surface area contributed by atoms with E-state index in [0.29, 0.717) is 7.28 Å². The predicted molar refractivity (Wildman–Crippen MR) is 131 cm³/mol. The molecule has 4 aromatic carbocycles. The molecule has 0 saturated carbocycles. The number of rotatable bonds is 5. The van der Waals surface area contributed by atoms with Crippen LogP contribution in [0.4, 0.5) is 0 Å². The summed E-state index contributed by atoms with van der Waals surface area (Å²) in [7, 11) is 0.469. The number of halogens is 1. The average molecular weight is 455 g/mol. The molecule has 0 aliphatic carbocycles. The van der Waals surface area contributed by atoms with Crippen molar-refractivity contribution in [1.82, 2.24) is 0 Å². The van der Waals surface area contributed by atoms with E-state index in [9.17, 15) is 0 Å². The molecule has 0 aromatic heterocycles. The van der Waals surface area contributed by atoms with Crippen molar-refractivity contribution < 1.29 is 0 Å². The molecule has 1 unspecified atom stereocenters. The Hall–Kier alpha value is -2.69. The molecule has 2 heteroatoms. The van der Waals surface area contributed by atoms with Gasteiger partial charge in [-0.05, 0) is 35.1 Å². The summed E-state index contributed by atoms with van der Waals surface area (Å²) in [6.45, 7) is 0. The van der Waals surface area contributed by atoms with Gasteiger partial charge >= 0.3 is 0 Å². The third-order valence-corrected chi connectivity index (χ3v) is 6.54. The fraction of sp³-hybridized carbons (Fsp3) is 0. The Balaban J connectivity index is 2.01. The summed E-state index contributed by atoms with van der Waals surface area (Å²) in [5, 5.41) is 1.16. The third kappa shape index (κ3) is 4.66. The van der Waals surface area contributed by atoms with Crippen LogP contribution in [0, 0.1) is 0 Å². The summed E-state index contributed by atoms with van der Waals surface area (Å²) < 4.78 is 0. The molecule has 0 saturated heterocycles. The van der Waals surface area contributed by atoms with Crippen LogP contribution in [0.3, 0.4) is 0 Å². The fourth-order valence-electron chi connectivity index (χ4n) is 3.35. The van der Waals surface area contributed by atoms with Gasteiger partial charge in [-0.3, -0.25) is 0 Å². The van der Waals surface area contributed by atoms with Crippen LogP contribution in [-0.4, -0.2) is 0 Å². The quantitative estimate of drug-likeness (QED) is 0.209. The number of benzene rings is 4. The second-order valence-electron chi connectivity index (χ2n) is 6.61. The number of hydrogen-bond acceptors (Lipinski definition) is 0. The van der Waals surface area contributed by atoms with E-state index < -0.39 is 0 Å². The van der Waals surface area contributed by atoms with Gasteiger partial charge in [0.1, 0.15) is 0 Å². The van der Waals surface area contributed by atoms with Gasteiger partial charge in [-0.2, -0.15) is 0 Å². The Morgan fingerprint density at radius 1 is 0.586 bits per heavy atom. The molecule has 0 amide bonds. The second-order valence-corrected chi connectivity index (χ2v) is 8.49. The molecule has 0 nitrogen and oxygen atoms in total. The summed E-state index contributed by atoms with van der Waals surface area (Å²) in [5.74, 6) is 0. The Morgan fingerprint density at radius 2 is 1.10 bits per heavy atom. The highest BCUT2D eigenvalue weighted by Gasteiger charge is 2.12. The molecule has 4 aromatic rings. The molecule has 0 spiro atoms. The van der Waals surface area contributed by atoms with Gasteiger partial charge < -0.3 is 0 Å². The van der Waals surface area contributed by atoms with Gasteiger partial charge in [-0.25, -0.2) is 0 Å². The third-order valence-electron chi connectivity index (χ3n) is 4.75. The standard InChI is InChI=1S/C27H20BrP/c28-29-27(23-16-8-3-9-17-23)20-26(22-14-6-2-7-15-22)25-19-11-10-18-24(25)21-12-4-1-5-13-21/h1-19,29H. The minimum absolute atomic E-state index is 0.469. The molecule has 0 aliphatic rings. The van der Waals surface area contributed by atoms with Crippen molar-refractivity contribution in [2.75, 3.05) is 0 Å². The maximum atomic E-state index is 3.76. The zero-order valence-electron chi connectivity index (χ0n) is 15.8. The Labute approximate surface area is 182 Å². The van der Waals surface area contributed by atoms with Gasteiger partial charge in [0.15, 0.2) is 0 Å². The van der Waals surface area contributed by atoms with Crippen LogP contribution in [0.15, 0.2) is 121 Å². The lowest BCUT2D eigenvalue weighted by atomic mass is 9.91. The van der Waals surface area contributed by atoms with Gasteiger partial charge in [0.25, 0.3) is 0 Å². The first-order valence-corrected chi connectivity index (χ1v) is 12.8. The maximum Gasteiger partial charge on any atom is 0.0332 e. The SMILES string of the molecule is BrPC(=C=C(c1ccccc1)c1ccccc1-c1ccccc1)c1ccccc1. The summed E-state index contributed by atoms with van der Waals surface area (Å²) in [6.07, 6.45) is 0. The number of hydrogen-bond donors (Lipinski definition) is 0. The van der Waals surface area contributed by atoms with Gasteiger partial charge in [0.05, 0.1) is 0 Å². The van der Waals surface area contributed by atoms with Gasteiger partial charge in [-0.1, -0.05) is 131 Å². The Bertz CT molecular complexity index is 1140. The molecule has 140 valence electrons. The molecule has 0 aliphatic heterocycles. The van der Waals surface area contributed by atoms with Crippen LogP contribution in [0.2, 0.25) is 0 Å². The molecule has 1 atom stereocenters.